The van der Waals surface area contributed by atoms with E-state index in [2.05, 4.69) is 0 Å². The Bertz CT molecular complexity index is 1060. The minimum atomic E-state index is -0.699. The normalized spacial score (nSPS) is 17.6. The smallest absolute Gasteiger partial charge is 0.295 e. The van der Waals surface area contributed by atoms with Gasteiger partial charge in [0.25, 0.3) is 11.7 Å². The fraction of sp³-hybridized carbons (Fsp3) is 0.385. The van der Waals surface area contributed by atoms with Crippen molar-refractivity contribution in [2.75, 3.05) is 40.9 Å². The third-order valence-corrected chi connectivity index (χ3v) is 5.70. The van der Waals surface area contributed by atoms with Crippen LogP contribution in [0.1, 0.15) is 36.1 Å². The van der Waals surface area contributed by atoms with E-state index in [0.717, 1.165) is 17.7 Å². The topological polar surface area (TPSA) is 79.3 Å². The lowest BCUT2D eigenvalue weighted by atomic mass is 9.94. The van der Waals surface area contributed by atoms with E-state index in [0.29, 0.717) is 36.6 Å². The molecule has 1 saturated heterocycles. The van der Waals surface area contributed by atoms with E-state index in [1.54, 1.807) is 30.2 Å². The number of ether oxygens (including phenoxy) is 2. The van der Waals surface area contributed by atoms with Gasteiger partial charge in [-0.05, 0) is 82.4 Å². The van der Waals surface area contributed by atoms with Gasteiger partial charge in [-0.3, -0.25) is 9.59 Å². The molecule has 0 bridgehead atoms. The molecule has 1 N–H and O–H groups in total. The molecule has 0 spiro atoms. The van der Waals surface area contributed by atoms with Gasteiger partial charge in [-0.2, -0.15) is 0 Å². The van der Waals surface area contributed by atoms with Gasteiger partial charge in [0.15, 0.2) is 0 Å². The number of hydrogen-bond acceptors (Lipinski definition) is 6. The van der Waals surface area contributed by atoms with E-state index in [1.807, 2.05) is 57.1 Å². The number of nitrogens with zero attached hydrogens (tertiary/aromatic N) is 2. The molecule has 1 fully saturated rings. The molecule has 7 heteroatoms. The highest BCUT2D eigenvalue weighted by atomic mass is 16.5. The van der Waals surface area contributed by atoms with Gasteiger partial charge < -0.3 is 24.4 Å². The number of rotatable bonds is 9. The average Bonchev–Trinajstić information content (AvgIpc) is 3.04. The van der Waals surface area contributed by atoms with Gasteiger partial charge in [0, 0.05) is 12.1 Å². The largest absolute Gasteiger partial charge is 0.507 e. The molecule has 3 rings (SSSR count). The summed E-state index contributed by atoms with van der Waals surface area (Å²) in [6, 6.07) is 11.8. The van der Waals surface area contributed by atoms with E-state index < -0.39 is 17.7 Å². The highest BCUT2D eigenvalue weighted by Crippen LogP contribution is 2.40. The van der Waals surface area contributed by atoms with Gasteiger partial charge in [-0.25, -0.2) is 0 Å². The number of amides is 1. The summed E-state index contributed by atoms with van der Waals surface area (Å²) in [5.74, 6) is -0.156. The van der Waals surface area contributed by atoms with Crippen LogP contribution < -0.4 is 9.47 Å². The van der Waals surface area contributed by atoms with Crippen LogP contribution in [0.15, 0.2) is 48.0 Å². The molecule has 7 nitrogen and oxygen atoms in total. The van der Waals surface area contributed by atoms with Crippen LogP contribution in [-0.2, 0) is 9.59 Å². The minimum Gasteiger partial charge on any atom is -0.507 e. The summed E-state index contributed by atoms with van der Waals surface area (Å²) in [7, 11) is 5.50. The van der Waals surface area contributed by atoms with Crippen molar-refractivity contribution in [3.05, 3.63) is 64.7 Å². The second-order valence-corrected chi connectivity index (χ2v) is 8.34. The number of carbonyl (C=O) groups is 2. The number of methoxy groups -OCH3 is 1. The lowest BCUT2D eigenvalue weighted by molar-refractivity contribution is -0.139. The number of carbonyl (C=O) groups excluding carboxylic acids is 2. The van der Waals surface area contributed by atoms with Crippen LogP contribution >= 0.6 is 0 Å². The van der Waals surface area contributed by atoms with Crippen molar-refractivity contribution in [1.29, 1.82) is 0 Å². The maximum absolute atomic E-state index is 13.2. The van der Waals surface area contributed by atoms with Crippen LogP contribution in [0.3, 0.4) is 0 Å². The van der Waals surface area contributed by atoms with Gasteiger partial charge in [0.05, 0.1) is 25.3 Å². The van der Waals surface area contributed by atoms with Gasteiger partial charge in [0.2, 0.25) is 0 Å². The Morgan fingerprint density at radius 1 is 1.15 bits per heavy atom. The first kappa shape index (κ1) is 24.3. The summed E-state index contributed by atoms with van der Waals surface area (Å²) in [4.78, 5) is 29.8. The number of aryl methyl sites for hydroxylation is 1. The Hall–Kier alpha value is -3.32. The third kappa shape index (κ3) is 5.20. The molecule has 0 aliphatic carbocycles. The second-order valence-electron chi connectivity index (χ2n) is 8.34. The summed E-state index contributed by atoms with van der Waals surface area (Å²) in [5.41, 5.74) is 2.09. The maximum Gasteiger partial charge on any atom is 0.295 e. The number of ketones is 1. The summed E-state index contributed by atoms with van der Waals surface area (Å²) in [6.45, 7) is 5.42. The second kappa shape index (κ2) is 10.5. The Morgan fingerprint density at radius 3 is 2.55 bits per heavy atom. The molecule has 1 amide bonds. The number of likely N-dealkylation sites (tertiary alicyclic amines) is 1. The summed E-state index contributed by atoms with van der Waals surface area (Å²) >= 11 is 0. The fourth-order valence-corrected chi connectivity index (χ4v) is 4.14. The van der Waals surface area contributed by atoms with E-state index >= 15 is 0 Å². The van der Waals surface area contributed by atoms with Crippen LogP contribution in [0.2, 0.25) is 0 Å². The standard InChI is InChI=1S/C26H32N2O5/c1-6-33-20-10-7-9-18(16-20)23-22(24(29)19-11-12-21(32-5)17(2)15-19)25(30)26(31)28(23)14-8-13-27(3)4/h7,9-12,15-16,23,29H,6,8,13-14H2,1-5H3/b24-22+. The SMILES string of the molecule is CCOc1cccc(C2/C(=C(\O)c3ccc(OC)c(C)c3)C(=O)C(=O)N2CCCN(C)C)c1. The highest BCUT2D eigenvalue weighted by molar-refractivity contribution is 6.46. The summed E-state index contributed by atoms with van der Waals surface area (Å²) < 4.78 is 10.9. The van der Waals surface area contributed by atoms with Crippen molar-refractivity contribution in [1.82, 2.24) is 9.80 Å². The van der Waals surface area contributed by atoms with Gasteiger partial charge in [-0.1, -0.05) is 12.1 Å². The maximum atomic E-state index is 13.2. The molecule has 1 atom stereocenters. The number of aliphatic hydroxyl groups is 1. The Kier molecular flexibility index (Phi) is 7.76. The Morgan fingerprint density at radius 2 is 1.91 bits per heavy atom. The zero-order valence-electron chi connectivity index (χ0n) is 19.9. The molecule has 0 aromatic heterocycles. The van der Waals surface area contributed by atoms with E-state index in [4.69, 9.17) is 9.47 Å². The van der Waals surface area contributed by atoms with Gasteiger partial charge in [-0.15, -0.1) is 0 Å². The zero-order valence-corrected chi connectivity index (χ0v) is 19.9. The predicted molar refractivity (Wildman–Crippen MR) is 128 cm³/mol. The van der Waals surface area contributed by atoms with E-state index in [-0.39, 0.29) is 11.3 Å². The van der Waals surface area contributed by atoms with Gasteiger partial charge in [0.1, 0.15) is 17.3 Å². The van der Waals surface area contributed by atoms with Crippen molar-refractivity contribution in [2.45, 2.75) is 26.3 Å². The summed E-state index contributed by atoms with van der Waals surface area (Å²) in [5, 5.41) is 11.2. The lowest BCUT2D eigenvalue weighted by Gasteiger charge is -2.26. The molecule has 0 saturated carbocycles. The van der Waals surface area contributed by atoms with Crippen LogP contribution in [0.5, 0.6) is 11.5 Å². The van der Waals surface area contributed by atoms with Crippen molar-refractivity contribution in [3.63, 3.8) is 0 Å². The molecule has 33 heavy (non-hydrogen) atoms. The minimum absolute atomic E-state index is 0.0862. The molecule has 2 aromatic rings. The molecule has 1 unspecified atom stereocenters. The first-order chi connectivity index (χ1) is 15.8. The number of hydrogen-bond donors (Lipinski definition) is 1. The number of aliphatic hydroxyl groups excluding tert-OH is 1. The van der Waals surface area contributed by atoms with Crippen LogP contribution in [0, 0.1) is 6.92 Å². The van der Waals surface area contributed by atoms with E-state index in [1.165, 1.54) is 0 Å². The first-order valence-corrected chi connectivity index (χ1v) is 11.1. The van der Waals surface area contributed by atoms with Crippen LogP contribution in [0.4, 0.5) is 0 Å². The number of benzene rings is 2. The summed E-state index contributed by atoms with van der Waals surface area (Å²) in [6.07, 6.45) is 0.698. The number of Topliss-reactive ketones (excluding diaryl/α,β-unsaturated/α-hetero) is 1. The van der Waals surface area contributed by atoms with Crippen molar-refractivity contribution in [3.8, 4) is 11.5 Å². The lowest BCUT2D eigenvalue weighted by Crippen LogP contribution is -2.32. The quantitative estimate of drug-likeness (QED) is 0.354. The fourth-order valence-electron chi connectivity index (χ4n) is 4.14. The Balaban J connectivity index is 2.12. The molecule has 1 aliphatic heterocycles. The zero-order chi connectivity index (χ0) is 24.1. The average molecular weight is 453 g/mol. The van der Waals surface area contributed by atoms with Crippen LogP contribution in [0.25, 0.3) is 5.76 Å². The van der Waals surface area contributed by atoms with Crippen molar-refractivity contribution >= 4 is 17.4 Å². The molecule has 176 valence electrons. The first-order valence-electron chi connectivity index (χ1n) is 11.1. The third-order valence-electron chi connectivity index (χ3n) is 5.70. The van der Waals surface area contributed by atoms with Crippen molar-refractivity contribution < 1.29 is 24.2 Å². The molecule has 1 aliphatic rings. The Labute approximate surface area is 195 Å². The van der Waals surface area contributed by atoms with Gasteiger partial charge >= 0.3 is 0 Å². The molecule has 1 heterocycles. The highest BCUT2D eigenvalue weighted by Gasteiger charge is 2.45. The molecule has 0 radical (unpaired) electrons. The van der Waals surface area contributed by atoms with E-state index in [9.17, 15) is 14.7 Å². The monoisotopic (exact) mass is 452 g/mol. The molecular formula is C26H32N2O5. The molecular weight excluding hydrogens is 420 g/mol. The van der Waals surface area contributed by atoms with Crippen LogP contribution in [-0.4, -0.2) is 67.5 Å². The molecule has 2 aromatic carbocycles. The van der Waals surface area contributed by atoms with Crippen molar-refractivity contribution in [2.24, 2.45) is 0 Å². The predicted octanol–water partition coefficient (Wildman–Crippen LogP) is 3.78.